The molecular formula is C50H96O6. The predicted octanol–water partition coefficient (Wildman–Crippen LogP) is 15.9. The Hall–Kier alpha value is -1.59. The first-order chi connectivity index (χ1) is 27.4. The van der Waals surface area contributed by atoms with Crippen LogP contribution in [0.15, 0.2) is 0 Å². The largest absolute Gasteiger partial charge is 0.462 e. The number of hydrogen-bond donors (Lipinski definition) is 0. The van der Waals surface area contributed by atoms with Crippen LogP contribution in [0.3, 0.4) is 0 Å². The molecular weight excluding hydrogens is 697 g/mol. The molecule has 1 unspecified atom stereocenters. The summed E-state index contributed by atoms with van der Waals surface area (Å²) in [5.41, 5.74) is 0. The predicted molar refractivity (Wildman–Crippen MR) is 238 cm³/mol. The standard InChI is InChI=1S/C50H96O6/c1-5-8-10-12-14-16-17-18-19-20-21-27-31-35-39-43-50(53)56-47(44-54-48(51)41-37-33-29-24-15-13-11-9-6-2)45-55-49(52)42-38-34-30-26-23-22-25-28-32-36-40-46(4)7-3/h46-47H,5-45H2,1-4H3/t46?,47-/m0/s1. The lowest BCUT2D eigenvalue weighted by molar-refractivity contribution is -0.167. The highest BCUT2D eigenvalue weighted by Gasteiger charge is 2.19. The highest BCUT2D eigenvalue weighted by molar-refractivity contribution is 5.71. The molecule has 56 heavy (non-hydrogen) atoms. The lowest BCUT2D eigenvalue weighted by Crippen LogP contribution is -2.30. The van der Waals surface area contributed by atoms with Gasteiger partial charge in [-0.05, 0) is 25.2 Å². The van der Waals surface area contributed by atoms with Gasteiger partial charge in [-0.15, -0.1) is 0 Å². The van der Waals surface area contributed by atoms with Crippen LogP contribution < -0.4 is 0 Å². The van der Waals surface area contributed by atoms with E-state index in [2.05, 4.69) is 27.7 Å². The summed E-state index contributed by atoms with van der Waals surface area (Å²) in [7, 11) is 0. The van der Waals surface area contributed by atoms with Crippen molar-refractivity contribution >= 4 is 17.9 Å². The van der Waals surface area contributed by atoms with Crippen molar-refractivity contribution in [2.24, 2.45) is 5.92 Å². The summed E-state index contributed by atoms with van der Waals surface area (Å²) >= 11 is 0. The summed E-state index contributed by atoms with van der Waals surface area (Å²) in [5, 5.41) is 0. The molecule has 0 saturated carbocycles. The van der Waals surface area contributed by atoms with E-state index in [1.807, 2.05) is 0 Å². The number of rotatable bonds is 45. The maximum absolute atomic E-state index is 12.7. The van der Waals surface area contributed by atoms with Gasteiger partial charge in [0.05, 0.1) is 0 Å². The molecule has 0 spiro atoms. The Labute approximate surface area is 348 Å². The zero-order valence-corrected chi connectivity index (χ0v) is 38.1. The van der Waals surface area contributed by atoms with E-state index >= 15 is 0 Å². The summed E-state index contributed by atoms with van der Waals surface area (Å²) in [6, 6.07) is 0. The van der Waals surface area contributed by atoms with E-state index in [4.69, 9.17) is 14.2 Å². The Kier molecular flexibility index (Phi) is 43.2. The molecule has 6 heteroatoms. The van der Waals surface area contributed by atoms with Crippen molar-refractivity contribution in [2.75, 3.05) is 13.2 Å². The van der Waals surface area contributed by atoms with Gasteiger partial charge in [0.15, 0.2) is 6.10 Å². The van der Waals surface area contributed by atoms with E-state index in [1.165, 1.54) is 173 Å². The van der Waals surface area contributed by atoms with Crippen LogP contribution in [-0.2, 0) is 28.6 Å². The number of carbonyl (C=O) groups excluding carboxylic acids is 3. The lowest BCUT2D eigenvalue weighted by atomic mass is 9.99. The van der Waals surface area contributed by atoms with Gasteiger partial charge in [0.25, 0.3) is 0 Å². The number of hydrogen-bond acceptors (Lipinski definition) is 6. The first-order valence-electron chi connectivity index (χ1n) is 24.9. The molecule has 0 N–H and O–H groups in total. The average molecular weight is 793 g/mol. The second-order valence-electron chi connectivity index (χ2n) is 17.3. The molecule has 0 fully saturated rings. The van der Waals surface area contributed by atoms with Crippen molar-refractivity contribution in [1.82, 2.24) is 0 Å². The molecule has 0 amide bonds. The van der Waals surface area contributed by atoms with Crippen LogP contribution in [0.2, 0.25) is 0 Å². The molecule has 0 heterocycles. The topological polar surface area (TPSA) is 78.9 Å². The Bertz CT molecular complexity index is 843. The molecule has 2 atom stereocenters. The van der Waals surface area contributed by atoms with E-state index in [0.717, 1.165) is 63.7 Å². The molecule has 0 aromatic carbocycles. The Morgan fingerprint density at radius 2 is 0.625 bits per heavy atom. The third kappa shape index (κ3) is 42.0. The molecule has 0 bridgehead atoms. The maximum atomic E-state index is 12.7. The fourth-order valence-corrected chi connectivity index (χ4v) is 7.48. The minimum Gasteiger partial charge on any atom is -0.462 e. The van der Waals surface area contributed by atoms with E-state index in [0.29, 0.717) is 19.3 Å². The summed E-state index contributed by atoms with van der Waals surface area (Å²) in [6.45, 7) is 9.02. The van der Waals surface area contributed by atoms with Gasteiger partial charge >= 0.3 is 17.9 Å². The van der Waals surface area contributed by atoms with Crippen molar-refractivity contribution in [1.29, 1.82) is 0 Å². The van der Waals surface area contributed by atoms with Crippen molar-refractivity contribution in [3.05, 3.63) is 0 Å². The number of esters is 3. The van der Waals surface area contributed by atoms with E-state index in [9.17, 15) is 14.4 Å². The molecule has 332 valence electrons. The molecule has 0 aliphatic heterocycles. The van der Waals surface area contributed by atoms with Crippen molar-refractivity contribution < 1.29 is 28.6 Å². The molecule has 0 aliphatic rings. The summed E-state index contributed by atoms with van der Waals surface area (Å²) in [6.07, 6.45) is 45.1. The second-order valence-corrected chi connectivity index (χ2v) is 17.3. The Balaban J connectivity index is 4.29. The van der Waals surface area contributed by atoms with Gasteiger partial charge in [-0.1, -0.05) is 240 Å². The van der Waals surface area contributed by atoms with Crippen molar-refractivity contribution in [2.45, 2.75) is 284 Å². The normalized spacial score (nSPS) is 12.4. The third-order valence-electron chi connectivity index (χ3n) is 11.7. The van der Waals surface area contributed by atoms with Gasteiger partial charge in [0, 0.05) is 19.3 Å². The number of carbonyl (C=O) groups is 3. The van der Waals surface area contributed by atoms with Crippen LogP contribution in [0.5, 0.6) is 0 Å². The van der Waals surface area contributed by atoms with Crippen LogP contribution in [0, 0.1) is 5.92 Å². The van der Waals surface area contributed by atoms with Crippen LogP contribution >= 0.6 is 0 Å². The van der Waals surface area contributed by atoms with Crippen LogP contribution in [0.4, 0.5) is 0 Å². The number of unbranched alkanes of at least 4 members (excludes halogenated alkanes) is 31. The Morgan fingerprint density at radius 3 is 0.929 bits per heavy atom. The van der Waals surface area contributed by atoms with Gasteiger partial charge in [0.1, 0.15) is 13.2 Å². The van der Waals surface area contributed by atoms with Crippen LogP contribution in [-0.4, -0.2) is 37.2 Å². The SMILES string of the molecule is CCCCCCCCCCCCCCCCCC(=O)O[C@@H](COC(=O)CCCCCCCCCCC)COC(=O)CCCCCCCCCCCCC(C)CC. The van der Waals surface area contributed by atoms with Crippen LogP contribution in [0.25, 0.3) is 0 Å². The minimum absolute atomic E-state index is 0.0634. The molecule has 6 nitrogen and oxygen atoms in total. The number of ether oxygens (including phenoxy) is 3. The van der Waals surface area contributed by atoms with E-state index in [-0.39, 0.29) is 31.1 Å². The van der Waals surface area contributed by atoms with E-state index < -0.39 is 6.10 Å². The first-order valence-corrected chi connectivity index (χ1v) is 24.9. The maximum Gasteiger partial charge on any atom is 0.306 e. The minimum atomic E-state index is -0.759. The van der Waals surface area contributed by atoms with Crippen molar-refractivity contribution in [3.8, 4) is 0 Å². The highest BCUT2D eigenvalue weighted by Crippen LogP contribution is 2.17. The van der Waals surface area contributed by atoms with Gasteiger partial charge in [-0.25, -0.2) is 0 Å². The summed E-state index contributed by atoms with van der Waals surface area (Å²) < 4.78 is 16.8. The molecule has 0 rings (SSSR count). The van der Waals surface area contributed by atoms with E-state index in [1.54, 1.807) is 0 Å². The molecule has 0 radical (unpaired) electrons. The third-order valence-corrected chi connectivity index (χ3v) is 11.7. The van der Waals surface area contributed by atoms with Gasteiger partial charge in [-0.3, -0.25) is 14.4 Å². The molecule has 0 aromatic rings. The zero-order valence-electron chi connectivity index (χ0n) is 38.1. The summed E-state index contributed by atoms with van der Waals surface area (Å²) in [4.78, 5) is 37.8. The monoisotopic (exact) mass is 793 g/mol. The lowest BCUT2D eigenvalue weighted by Gasteiger charge is -2.18. The van der Waals surface area contributed by atoms with Gasteiger partial charge in [-0.2, -0.15) is 0 Å². The quantitative estimate of drug-likeness (QED) is 0.0347. The zero-order chi connectivity index (χ0) is 41.0. The van der Waals surface area contributed by atoms with Crippen molar-refractivity contribution in [3.63, 3.8) is 0 Å². The molecule has 0 aliphatic carbocycles. The first kappa shape index (κ1) is 54.4. The molecule has 0 saturated heterocycles. The highest BCUT2D eigenvalue weighted by atomic mass is 16.6. The fraction of sp³-hybridized carbons (Fsp3) is 0.940. The van der Waals surface area contributed by atoms with Gasteiger partial charge < -0.3 is 14.2 Å². The smallest absolute Gasteiger partial charge is 0.306 e. The van der Waals surface area contributed by atoms with Gasteiger partial charge in [0.2, 0.25) is 0 Å². The van der Waals surface area contributed by atoms with Crippen LogP contribution in [0.1, 0.15) is 278 Å². The second kappa shape index (κ2) is 44.5. The summed E-state index contributed by atoms with van der Waals surface area (Å²) in [5.74, 6) is 0.0199. The fourth-order valence-electron chi connectivity index (χ4n) is 7.48. The molecule has 0 aromatic heterocycles. The Morgan fingerprint density at radius 1 is 0.357 bits per heavy atom. The average Bonchev–Trinajstić information content (AvgIpc) is 3.19.